The maximum absolute atomic E-state index is 13.3. The van der Waals surface area contributed by atoms with Crippen molar-refractivity contribution in [2.75, 3.05) is 27.4 Å². The van der Waals surface area contributed by atoms with Crippen LogP contribution in [0.15, 0.2) is 66.2 Å². The normalized spacial score (nSPS) is 16.5. The standard InChI is InChI=1S/C30H31NO7/c1-5-38-24-17-21(11-12-22(24)32)27-26(28(33)20-9-6-18(2)7-10-20)29(34)30(35)31(27)15-14-19-8-13-23(36-3)25(16-19)37-4/h6-13,16-17,27,32-33H,5,14-15H2,1-4H3/t27-/m1/s1. The molecule has 0 radical (unpaired) electrons. The third kappa shape index (κ3) is 5.16. The number of Topliss-reactive ketones (excluding diaryl/α,β-unsaturated/α-hetero) is 1. The topological polar surface area (TPSA) is 106 Å². The molecule has 1 amide bonds. The SMILES string of the molecule is CCOc1cc([C@@H]2C(=C(O)c3ccc(C)cc3)C(=O)C(=O)N2CCc2ccc(OC)c(OC)c2)ccc1O. The van der Waals surface area contributed by atoms with Crippen LogP contribution < -0.4 is 14.2 Å². The lowest BCUT2D eigenvalue weighted by Gasteiger charge is -2.26. The fraction of sp³-hybridized carbons (Fsp3) is 0.267. The fourth-order valence-corrected chi connectivity index (χ4v) is 4.58. The number of rotatable bonds is 9. The van der Waals surface area contributed by atoms with Crippen molar-refractivity contribution >= 4 is 17.4 Å². The van der Waals surface area contributed by atoms with Gasteiger partial charge in [-0.1, -0.05) is 42.0 Å². The first-order chi connectivity index (χ1) is 18.3. The number of aryl methyl sites for hydroxylation is 1. The van der Waals surface area contributed by atoms with Gasteiger partial charge in [-0.15, -0.1) is 0 Å². The molecule has 8 nitrogen and oxygen atoms in total. The van der Waals surface area contributed by atoms with Crippen LogP contribution in [0.3, 0.4) is 0 Å². The van der Waals surface area contributed by atoms with Gasteiger partial charge in [0.1, 0.15) is 5.76 Å². The molecule has 1 aliphatic rings. The Morgan fingerprint density at radius 1 is 0.921 bits per heavy atom. The molecule has 0 saturated carbocycles. The largest absolute Gasteiger partial charge is 0.507 e. The summed E-state index contributed by atoms with van der Waals surface area (Å²) in [6, 6.07) is 16.3. The van der Waals surface area contributed by atoms with Gasteiger partial charge >= 0.3 is 0 Å². The van der Waals surface area contributed by atoms with E-state index in [1.165, 1.54) is 11.0 Å². The number of ether oxygens (including phenoxy) is 3. The predicted octanol–water partition coefficient (Wildman–Crippen LogP) is 4.78. The minimum Gasteiger partial charge on any atom is -0.507 e. The number of carbonyl (C=O) groups is 2. The van der Waals surface area contributed by atoms with Gasteiger partial charge in [-0.3, -0.25) is 9.59 Å². The molecule has 1 fully saturated rings. The highest BCUT2D eigenvalue weighted by atomic mass is 16.5. The van der Waals surface area contributed by atoms with Gasteiger partial charge in [0.25, 0.3) is 11.7 Å². The molecule has 3 aromatic rings. The summed E-state index contributed by atoms with van der Waals surface area (Å²) < 4.78 is 16.3. The molecule has 1 heterocycles. The molecule has 1 atom stereocenters. The Balaban J connectivity index is 1.78. The minimum absolute atomic E-state index is 0.0145. The first-order valence-corrected chi connectivity index (χ1v) is 12.3. The number of likely N-dealkylation sites (tertiary alicyclic amines) is 1. The maximum Gasteiger partial charge on any atom is 0.295 e. The highest BCUT2D eigenvalue weighted by Crippen LogP contribution is 2.42. The van der Waals surface area contributed by atoms with E-state index in [4.69, 9.17) is 14.2 Å². The average molecular weight is 518 g/mol. The van der Waals surface area contributed by atoms with Crippen molar-refractivity contribution in [2.24, 2.45) is 0 Å². The summed E-state index contributed by atoms with van der Waals surface area (Å²) in [7, 11) is 3.10. The molecule has 4 rings (SSSR count). The Labute approximate surface area is 221 Å². The van der Waals surface area contributed by atoms with Crippen LogP contribution >= 0.6 is 0 Å². The number of methoxy groups -OCH3 is 2. The van der Waals surface area contributed by atoms with Crippen molar-refractivity contribution in [3.63, 3.8) is 0 Å². The van der Waals surface area contributed by atoms with E-state index in [1.807, 2.05) is 31.2 Å². The van der Waals surface area contributed by atoms with Gasteiger partial charge in [-0.05, 0) is 55.7 Å². The van der Waals surface area contributed by atoms with Crippen LogP contribution in [-0.2, 0) is 16.0 Å². The summed E-state index contributed by atoms with van der Waals surface area (Å²) in [6.07, 6.45) is 0.421. The smallest absolute Gasteiger partial charge is 0.295 e. The van der Waals surface area contributed by atoms with E-state index >= 15 is 0 Å². The number of carbonyl (C=O) groups excluding carboxylic acids is 2. The number of hydrogen-bond donors (Lipinski definition) is 2. The number of amides is 1. The Morgan fingerprint density at radius 3 is 2.29 bits per heavy atom. The minimum atomic E-state index is -0.878. The van der Waals surface area contributed by atoms with Crippen LogP contribution in [0.5, 0.6) is 23.0 Å². The second-order valence-corrected chi connectivity index (χ2v) is 8.96. The first kappa shape index (κ1) is 26.6. The third-order valence-corrected chi connectivity index (χ3v) is 6.55. The van der Waals surface area contributed by atoms with Gasteiger partial charge in [-0.2, -0.15) is 0 Å². The van der Waals surface area contributed by atoms with Crippen LogP contribution in [0.25, 0.3) is 5.76 Å². The first-order valence-electron chi connectivity index (χ1n) is 12.3. The second kappa shape index (κ2) is 11.3. The lowest BCUT2D eigenvalue weighted by Crippen LogP contribution is -2.31. The zero-order valence-corrected chi connectivity index (χ0v) is 21.9. The van der Waals surface area contributed by atoms with Gasteiger partial charge in [0.2, 0.25) is 0 Å². The summed E-state index contributed by atoms with van der Waals surface area (Å²) in [5, 5.41) is 21.5. The second-order valence-electron chi connectivity index (χ2n) is 8.96. The molecule has 38 heavy (non-hydrogen) atoms. The zero-order chi connectivity index (χ0) is 27.4. The number of nitrogens with zero attached hydrogens (tertiary/aromatic N) is 1. The van der Waals surface area contributed by atoms with E-state index in [9.17, 15) is 19.8 Å². The highest BCUT2D eigenvalue weighted by Gasteiger charge is 2.46. The number of ketones is 1. The Kier molecular flexibility index (Phi) is 7.90. The molecule has 1 saturated heterocycles. The summed E-state index contributed by atoms with van der Waals surface area (Å²) >= 11 is 0. The van der Waals surface area contributed by atoms with Crippen LogP contribution in [0.4, 0.5) is 0 Å². The summed E-state index contributed by atoms with van der Waals surface area (Å²) in [5.41, 5.74) is 2.82. The number of hydrogen-bond acceptors (Lipinski definition) is 7. The molecule has 198 valence electrons. The quantitative estimate of drug-likeness (QED) is 0.239. The van der Waals surface area contributed by atoms with Crippen molar-refractivity contribution in [3.05, 3.63) is 88.5 Å². The van der Waals surface area contributed by atoms with E-state index in [0.717, 1.165) is 11.1 Å². The van der Waals surface area contributed by atoms with Crippen molar-refractivity contribution in [1.82, 2.24) is 4.90 Å². The predicted molar refractivity (Wildman–Crippen MR) is 143 cm³/mol. The summed E-state index contributed by atoms with van der Waals surface area (Å²) in [5.74, 6) is -0.429. The van der Waals surface area contributed by atoms with E-state index in [1.54, 1.807) is 51.5 Å². The number of phenols is 1. The van der Waals surface area contributed by atoms with Crippen molar-refractivity contribution in [2.45, 2.75) is 26.3 Å². The van der Waals surface area contributed by atoms with E-state index < -0.39 is 17.7 Å². The van der Waals surface area contributed by atoms with E-state index in [-0.39, 0.29) is 29.4 Å². The molecule has 0 bridgehead atoms. The molecule has 1 aliphatic heterocycles. The molecule has 0 aromatic heterocycles. The maximum atomic E-state index is 13.3. The molecular weight excluding hydrogens is 486 g/mol. The molecule has 0 unspecified atom stereocenters. The van der Waals surface area contributed by atoms with Gasteiger partial charge in [-0.25, -0.2) is 0 Å². The van der Waals surface area contributed by atoms with Gasteiger partial charge < -0.3 is 29.3 Å². The molecule has 8 heteroatoms. The zero-order valence-electron chi connectivity index (χ0n) is 21.9. The Morgan fingerprint density at radius 2 is 1.63 bits per heavy atom. The Bertz CT molecular complexity index is 1380. The molecular formula is C30H31NO7. The number of phenolic OH excluding ortho intramolecular Hbond substituents is 1. The number of aliphatic hydroxyl groups is 1. The fourth-order valence-electron chi connectivity index (χ4n) is 4.58. The van der Waals surface area contributed by atoms with Crippen LogP contribution in [0, 0.1) is 6.92 Å². The van der Waals surface area contributed by atoms with Gasteiger partial charge in [0.05, 0.1) is 32.4 Å². The third-order valence-electron chi connectivity index (χ3n) is 6.55. The van der Waals surface area contributed by atoms with Crippen LogP contribution in [0.1, 0.15) is 35.2 Å². The van der Waals surface area contributed by atoms with Crippen molar-refractivity contribution in [1.29, 1.82) is 0 Å². The monoisotopic (exact) mass is 517 g/mol. The lowest BCUT2D eigenvalue weighted by atomic mass is 9.94. The number of benzene rings is 3. The van der Waals surface area contributed by atoms with Crippen molar-refractivity contribution in [3.8, 4) is 23.0 Å². The highest BCUT2D eigenvalue weighted by molar-refractivity contribution is 6.46. The summed E-state index contributed by atoms with van der Waals surface area (Å²) in [6.45, 7) is 4.22. The average Bonchev–Trinajstić information content (AvgIpc) is 3.18. The van der Waals surface area contributed by atoms with Gasteiger partial charge in [0, 0.05) is 12.1 Å². The Hall–Kier alpha value is -4.46. The van der Waals surface area contributed by atoms with E-state index in [2.05, 4.69) is 0 Å². The van der Waals surface area contributed by atoms with Crippen LogP contribution in [0.2, 0.25) is 0 Å². The van der Waals surface area contributed by atoms with Gasteiger partial charge in [0.15, 0.2) is 23.0 Å². The molecule has 0 aliphatic carbocycles. The summed E-state index contributed by atoms with van der Waals surface area (Å²) in [4.78, 5) is 28.1. The van der Waals surface area contributed by atoms with E-state index in [0.29, 0.717) is 35.7 Å². The number of aromatic hydroxyl groups is 1. The van der Waals surface area contributed by atoms with Crippen LogP contribution in [-0.4, -0.2) is 54.2 Å². The lowest BCUT2D eigenvalue weighted by molar-refractivity contribution is -0.139. The molecule has 3 aromatic carbocycles. The molecule has 2 N–H and O–H groups in total. The molecule has 0 spiro atoms. The number of aliphatic hydroxyl groups excluding tert-OH is 1. The van der Waals surface area contributed by atoms with Crippen molar-refractivity contribution < 1.29 is 34.0 Å².